The summed E-state index contributed by atoms with van der Waals surface area (Å²) >= 11 is 0. The Morgan fingerprint density at radius 1 is 1.26 bits per heavy atom. The summed E-state index contributed by atoms with van der Waals surface area (Å²) in [6.07, 6.45) is 2.76. The third-order valence-electron chi connectivity index (χ3n) is 4.64. The van der Waals surface area contributed by atoms with E-state index in [9.17, 15) is 0 Å². The van der Waals surface area contributed by atoms with Gasteiger partial charge in [-0.2, -0.15) is 0 Å². The highest BCUT2D eigenvalue weighted by molar-refractivity contribution is 5.57. The van der Waals surface area contributed by atoms with Crippen LogP contribution in [0.25, 0.3) is 11.5 Å². The number of pyridine rings is 1. The van der Waals surface area contributed by atoms with Crippen LogP contribution < -0.4 is 4.90 Å². The minimum atomic E-state index is -0.116. The van der Waals surface area contributed by atoms with E-state index in [4.69, 9.17) is 9.72 Å². The summed E-state index contributed by atoms with van der Waals surface area (Å²) in [5.41, 5.74) is 2.82. The predicted molar refractivity (Wildman–Crippen MR) is 91.6 cm³/mol. The van der Waals surface area contributed by atoms with Crippen molar-refractivity contribution in [3.8, 4) is 11.5 Å². The average Bonchev–Trinajstić information content (AvgIpc) is 2.58. The van der Waals surface area contributed by atoms with Gasteiger partial charge in [-0.25, -0.2) is 9.97 Å². The molecule has 23 heavy (non-hydrogen) atoms. The normalized spacial score (nSPS) is 21.5. The molecule has 3 rings (SSSR count). The maximum absolute atomic E-state index is 5.95. The summed E-state index contributed by atoms with van der Waals surface area (Å²) < 4.78 is 5.95. The van der Waals surface area contributed by atoms with Crippen molar-refractivity contribution in [3.63, 3.8) is 0 Å². The zero-order valence-corrected chi connectivity index (χ0v) is 14.3. The van der Waals surface area contributed by atoms with Gasteiger partial charge < -0.3 is 9.64 Å². The Morgan fingerprint density at radius 3 is 2.78 bits per heavy atom. The first kappa shape index (κ1) is 15.9. The number of aromatic nitrogens is 3. The highest BCUT2D eigenvalue weighted by Gasteiger charge is 2.32. The Balaban J connectivity index is 2.00. The van der Waals surface area contributed by atoms with Crippen molar-refractivity contribution >= 4 is 5.82 Å². The third kappa shape index (κ3) is 3.20. The lowest BCUT2D eigenvalue weighted by Crippen LogP contribution is -2.50. The molecule has 2 aromatic rings. The van der Waals surface area contributed by atoms with Crippen LogP contribution in [-0.4, -0.2) is 40.2 Å². The van der Waals surface area contributed by atoms with Crippen molar-refractivity contribution in [2.24, 2.45) is 0 Å². The largest absolute Gasteiger partial charge is 0.372 e. The first-order valence-electron chi connectivity index (χ1n) is 8.18. The average molecular weight is 312 g/mol. The molecule has 5 nitrogen and oxygen atoms in total. The zero-order valence-electron chi connectivity index (χ0n) is 14.3. The summed E-state index contributed by atoms with van der Waals surface area (Å²) in [6.45, 7) is 10.9. The molecule has 0 bridgehead atoms. The topological polar surface area (TPSA) is 51.1 Å². The second-order valence-corrected chi connectivity index (χ2v) is 6.37. The van der Waals surface area contributed by atoms with Crippen LogP contribution in [0.1, 0.15) is 31.5 Å². The van der Waals surface area contributed by atoms with Crippen LogP contribution in [0.15, 0.2) is 24.4 Å². The molecule has 2 aromatic heterocycles. The highest BCUT2D eigenvalue weighted by Crippen LogP contribution is 2.29. The number of aryl methyl sites for hydroxylation is 1. The molecule has 0 saturated carbocycles. The Labute approximate surface area is 137 Å². The van der Waals surface area contributed by atoms with Crippen molar-refractivity contribution in [1.29, 1.82) is 0 Å². The van der Waals surface area contributed by atoms with Crippen LogP contribution in [0.3, 0.4) is 0 Å². The maximum atomic E-state index is 5.95. The molecule has 0 aromatic carbocycles. The monoisotopic (exact) mass is 312 g/mol. The number of morpholine rings is 1. The van der Waals surface area contributed by atoms with Crippen LogP contribution >= 0.6 is 0 Å². The minimum absolute atomic E-state index is 0.116. The SMILES string of the molecule is CCC1(C)CN(c2nc(-c3ccccn3)nc(C)c2C)CCO1. The van der Waals surface area contributed by atoms with E-state index in [0.29, 0.717) is 5.82 Å². The molecule has 0 aliphatic carbocycles. The van der Waals surface area contributed by atoms with E-state index < -0.39 is 0 Å². The molecular weight excluding hydrogens is 288 g/mol. The lowest BCUT2D eigenvalue weighted by Gasteiger charge is -2.41. The molecule has 0 N–H and O–H groups in total. The third-order valence-corrected chi connectivity index (χ3v) is 4.64. The number of ether oxygens (including phenoxy) is 1. The van der Waals surface area contributed by atoms with E-state index in [2.05, 4.69) is 35.6 Å². The van der Waals surface area contributed by atoms with Crippen LogP contribution in [0.4, 0.5) is 5.82 Å². The number of nitrogens with zero attached hydrogens (tertiary/aromatic N) is 4. The fourth-order valence-electron chi connectivity index (χ4n) is 2.86. The van der Waals surface area contributed by atoms with Crippen molar-refractivity contribution in [2.45, 2.75) is 39.7 Å². The van der Waals surface area contributed by atoms with Gasteiger partial charge in [-0.3, -0.25) is 4.98 Å². The van der Waals surface area contributed by atoms with Gasteiger partial charge in [0, 0.05) is 30.5 Å². The molecule has 1 aliphatic rings. The first-order valence-corrected chi connectivity index (χ1v) is 8.18. The van der Waals surface area contributed by atoms with E-state index in [0.717, 1.165) is 48.9 Å². The molecule has 1 fully saturated rings. The molecular formula is C18H24N4O. The second-order valence-electron chi connectivity index (χ2n) is 6.37. The molecule has 122 valence electrons. The van der Waals surface area contributed by atoms with Crippen LogP contribution in [0.2, 0.25) is 0 Å². The Morgan fingerprint density at radius 2 is 2.09 bits per heavy atom. The maximum Gasteiger partial charge on any atom is 0.180 e. The summed E-state index contributed by atoms with van der Waals surface area (Å²) in [6, 6.07) is 5.81. The van der Waals surface area contributed by atoms with E-state index in [1.54, 1.807) is 6.20 Å². The van der Waals surface area contributed by atoms with E-state index in [1.165, 1.54) is 0 Å². The van der Waals surface area contributed by atoms with Crippen molar-refractivity contribution in [3.05, 3.63) is 35.7 Å². The molecule has 0 amide bonds. The lowest BCUT2D eigenvalue weighted by molar-refractivity contribution is -0.0443. The fourth-order valence-corrected chi connectivity index (χ4v) is 2.86. The summed E-state index contributed by atoms with van der Waals surface area (Å²) in [4.78, 5) is 16.2. The molecule has 5 heteroatoms. The van der Waals surface area contributed by atoms with E-state index in [1.807, 2.05) is 25.1 Å². The molecule has 1 saturated heterocycles. The van der Waals surface area contributed by atoms with Gasteiger partial charge in [-0.05, 0) is 39.3 Å². The van der Waals surface area contributed by atoms with E-state index in [-0.39, 0.29) is 5.60 Å². The Hall–Kier alpha value is -2.01. The van der Waals surface area contributed by atoms with Gasteiger partial charge in [0.25, 0.3) is 0 Å². The summed E-state index contributed by atoms with van der Waals surface area (Å²) in [7, 11) is 0. The van der Waals surface area contributed by atoms with Gasteiger partial charge in [-0.1, -0.05) is 13.0 Å². The Kier molecular flexibility index (Phi) is 4.31. The molecule has 1 aliphatic heterocycles. The van der Waals surface area contributed by atoms with Crippen LogP contribution in [-0.2, 0) is 4.74 Å². The molecule has 0 radical (unpaired) electrons. The summed E-state index contributed by atoms with van der Waals surface area (Å²) in [5.74, 6) is 1.69. The Bertz CT molecular complexity index is 689. The van der Waals surface area contributed by atoms with Crippen molar-refractivity contribution in [2.75, 3.05) is 24.6 Å². The number of anilines is 1. The van der Waals surface area contributed by atoms with E-state index >= 15 is 0 Å². The summed E-state index contributed by atoms with van der Waals surface area (Å²) in [5, 5.41) is 0. The molecule has 0 spiro atoms. The van der Waals surface area contributed by atoms with Crippen molar-refractivity contribution in [1.82, 2.24) is 15.0 Å². The number of rotatable bonds is 3. The first-order chi connectivity index (χ1) is 11.0. The molecule has 3 heterocycles. The predicted octanol–water partition coefficient (Wildman–Crippen LogP) is 3.16. The van der Waals surface area contributed by atoms with Crippen molar-refractivity contribution < 1.29 is 4.74 Å². The molecule has 1 atom stereocenters. The highest BCUT2D eigenvalue weighted by atomic mass is 16.5. The van der Waals surface area contributed by atoms with Crippen LogP contribution in [0.5, 0.6) is 0 Å². The zero-order chi connectivity index (χ0) is 16.4. The van der Waals surface area contributed by atoms with Gasteiger partial charge >= 0.3 is 0 Å². The molecule has 1 unspecified atom stereocenters. The van der Waals surface area contributed by atoms with Gasteiger partial charge in [0.1, 0.15) is 11.5 Å². The minimum Gasteiger partial charge on any atom is -0.372 e. The quantitative estimate of drug-likeness (QED) is 0.871. The lowest BCUT2D eigenvalue weighted by atomic mass is 10.0. The fraction of sp³-hybridized carbons (Fsp3) is 0.500. The van der Waals surface area contributed by atoms with Gasteiger partial charge in [0.05, 0.1) is 12.2 Å². The standard InChI is InChI=1S/C18H24N4O/c1-5-18(4)12-22(10-11-23-18)17-13(2)14(3)20-16(21-17)15-8-6-7-9-19-15/h6-9H,5,10-12H2,1-4H3. The second kappa shape index (κ2) is 6.24. The van der Waals surface area contributed by atoms with Gasteiger partial charge in [-0.15, -0.1) is 0 Å². The number of hydrogen-bond acceptors (Lipinski definition) is 5. The number of hydrogen-bond donors (Lipinski definition) is 0. The van der Waals surface area contributed by atoms with Crippen LogP contribution in [0, 0.1) is 13.8 Å². The smallest absolute Gasteiger partial charge is 0.180 e. The van der Waals surface area contributed by atoms with Gasteiger partial charge in [0.15, 0.2) is 5.82 Å². The van der Waals surface area contributed by atoms with Gasteiger partial charge in [0.2, 0.25) is 0 Å².